The number of Topliss-reactive ketones (excluding diaryl/α,β-unsaturated/α-hetero) is 2. The first-order valence-electron chi connectivity index (χ1n) is 4.22. The van der Waals surface area contributed by atoms with E-state index in [9.17, 15) is 19.2 Å². The molecule has 0 rings (SSSR count). The fraction of sp³-hybridized carbons (Fsp3) is 0.556. The van der Waals surface area contributed by atoms with Gasteiger partial charge in [0.1, 0.15) is 0 Å². The molecule has 0 aromatic rings. The van der Waals surface area contributed by atoms with Crippen LogP contribution in [0.15, 0.2) is 0 Å². The average Bonchev–Trinajstić information content (AvgIpc) is 2.02. The van der Waals surface area contributed by atoms with Crippen molar-refractivity contribution < 1.29 is 29.4 Å². The summed E-state index contributed by atoms with van der Waals surface area (Å²) in [7, 11) is 0. The van der Waals surface area contributed by atoms with Gasteiger partial charge in [0, 0.05) is 6.42 Å². The standard InChI is InChI=1S/C9H12O6/c1-5(10)9(6(2)11,8(14)15)4-3-7(12)13/h3-4H2,1-2H3,(H,12,13)(H,14,15). The number of carboxylic acids is 2. The molecule has 84 valence electrons. The lowest BCUT2D eigenvalue weighted by Crippen LogP contribution is -2.44. The molecule has 0 heterocycles. The fourth-order valence-electron chi connectivity index (χ4n) is 1.30. The van der Waals surface area contributed by atoms with Crippen LogP contribution in [-0.2, 0) is 19.2 Å². The number of aliphatic carboxylic acids is 2. The molecule has 6 nitrogen and oxygen atoms in total. The zero-order valence-corrected chi connectivity index (χ0v) is 8.44. The molecule has 0 fully saturated rings. The van der Waals surface area contributed by atoms with Gasteiger partial charge in [-0.15, -0.1) is 0 Å². The third kappa shape index (κ3) is 2.61. The van der Waals surface area contributed by atoms with E-state index in [0.717, 1.165) is 13.8 Å². The van der Waals surface area contributed by atoms with Gasteiger partial charge in [-0.05, 0) is 20.3 Å². The maximum atomic E-state index is 11.2. The van der Waals surface area contributed by atoms with Crippen LogP contribution in [0.4, 0.5) is 0 Å². The first-order valence-corrected chi connectivity index (χ1v) is 4.22. The molecule has 0 bridgehead atoms. The van der Waals surface area contributed by atoms with E-state index in [1.165, 1.54) is 0 Å². The number of carbonyl (C=O) groups is 4. The summed E-state index contributed by atoms with van der Waals surface area (Å²) in [5, 5.41) is 17.2. The third-order valence-electron chi connectivity index (χ3n) is 2.28. The van der Waals surface area contributed by atoms with E-state index in [1.807, 2.05) is 0 Å². The van der Waals surface area contributed by atoms with Crippen molar-refractivity contribution in [1.29, 1.82) is 0 Å². The lowest BCUT2D eigenvalue weighted by Gasteiger charge is -2.22. The number of hydrogen-bond donors (Lipinski definition) is 2. The second-order valence-electron chi connectivity index (χ2n) is 3.22. The predicted octanol–water partition coefficient (Wildman–Crippen LogP) is 0.100. The van der Waals surface area contributed by atoms with Crippen LogP contribution < -0.4 is 0 Å². The normalized spacial score (nSPS) is 10.8. The molecule has 0 saturated heterocycles. The Morgan fingerprint density at radius 1 is 1.00 bits per heavy atom. The highest BCUT2D eigenvalue weighted by Gasteiger charge is 2.48. The highest BCUT2D eigenvalue weighted by Crippen LogP contribution is 2.27. The van der Waals surface area contributed by atoms with Gasteiger partial charge >= 0.3 is 11.9 Å². The Morgan fingerprint density at radius 3 is 1.60 bits per heavy atom. The quantitative estimate of drug-likeness (QED) is 0.609. The molecule has 0 amide bonds. The van der Waals surface area contributed by atoms with Crippen molar-refractivity contribution in [3.63, 3.8) is 0 Å². The van der Waals surface area contributed by atoms with Gasteiger partial charge < -0.3 is 10.2 Å². The maximum absolute atomic E-state index is 11.2. The first kappa shape index (κ1) is 13.3. The van der Waals surface area contributed by atoms with Gasteiger partial charge in [-0.1, -0.05) is 0 Å². The van der Waals surface area contributed by atoms with E-state index in [1.54, 1.807) is 0 Å². The molecule has 0 spiro atoms. The molecule has 2 N–H and O–H groups in total. The van der Waals surface area contributed by atoms with E-state index < -0.39 is 41.8 Å². The predicted molar refractivity (Wildman–Crippen MR) is 48.3 cm³/mol. The van der Waals surface area contributed by atoms with Crippen LogP contribution in [0.3, 0.4) is 0 Å². The van der Waals surface area contributed by atoms with Crippen LogP contribution in [0.1, 0.15) is 26.7 Å². The summed E-state index contributed by atoms with van der Waals surface area (Å²) in [6.07, 6.45) is -1.05. The smallest absolute Gasteiger partial charge is 0.324 e. The van der Waals surface area contributed by atoms with Crippen LogP contribution in [0.25, 0.3) is 0 Å². The van der Waals surface area contributed by atoms with E-state index >= 15 is 0 Å². The van der Waals surface area contributed by atoms with Crippen molar-refractivity contribution >= 4 is 23.5 Å². The molecule has 0 saturated carbocycles. The van der Waals surface area contributed by atoms with E-state index in [4.69, 9.17) is 10.2 Å². The molecule has 0 unspecified atom stereocenters. The summed E-state index contributed by atoms with van der Waals surface area (Å²) in [6, 6.07) is 0. The molecule has 0 aromatic carbocycles. The second kappa shape index (κ2) is 4.68. The molecule has 0 atom stereocenters. The highest BCUT2D eigenvalue weighted by molar-refractivity contribution is 6.20. The Bertz CT molecular complexity index is 281. The van der Waals surface area contributed by atoms with Gasteiger partial charge in [-0.25, -0.2) is 0 Å². The van der Waals surface area contributed by atoms with Gasteiger partial charge in [-0.3, -0.25) is 19.2 Å². The lowest BCUT2D eigenvalue weighted by atomic mass is 9.76. The summed E-state index contributed by atoms with van der Waals surface area (Å²) in [6.45, 7) is 1.94. The summed E-state index contributed by atoms with van der Waals surface area (Å²) in [5.74, 6) is -4.53. The number of carboxylic acid groups (broad SMARTS) is 2. The van der Waals surface area contributed by atoms with Crippen LogP contribution >= 0.6 is 0 Å². The van der Waals surface area contributed by atoms with E-state index in [0.29, 0.717) is 0 Å². The summed E-state index contributed by atoms with van der Waals surface area (Å²) in [5.41, 5.74) is -2.21. The number of carbonyl (C=O) groups excluding carboxylic acids is 2. The molecule has 0 aromatic heterocycles. The van der Waals surface area contributed by atoms with Crippen LogP contribution in [-0.4, -0.2) is 33.7 Å². The van der Waals surface area contributed by atoms with Gasteiger partial charge in [0.15, 0.2) is 17.0 Å². The molecule has 0 aliphatic carbocycles. The van der Waals surface area contributed by atoms with Crippen LogP contribution in [0, 0.1) is 5.41 Å². The summed E-state index contributed by atoms with van der Waals surface area (Å²) >= 11 is 0. The van der Waals surface area contributed by atoms with Crippen LogP contribution in [0.2, 0.25) is 0 Å². The van der Waals surface area contributed by atoms with E-state index in [2.05, 4.69) is 0 Å². The topological polar surface area (TPSA) is 109 Å². The van der Waals surface area contributed by atoms with E-state index in [-0.39, 0.29) is 0 Å². The molecular weight excluding hydrogens is 204 g/mol. The molecular formula is C9H12O6. The Hall–Kier alpha value is -1.72. The molecule has 6 heteroatoms. The lowest BCUT2D eigenvalue weighted by molar-refractivity contribution is -0.159. The van der Waals surface area contributed by atoms with Gasteiger partial charge in [0.2, 0.25) is 0 Å². The molecule has 15 heavy (non-hydrogen) atoms. The van der Waals surface area contributed by atoms with Crippen molar-refractivity contribution in [2.24, 2.45) is 5.41 Å². The maximum Gasteiger partial charge on any atom is 0.324 e. The van der Waals surface area contributed by atoms with Gasteiger partial charge in [0.05, 0.1) is 0 Å². The molecule has 0 radical (unpaired) electrons. The summed E-state index contributed by atoms with van der Waals surface area (Å²) < 4.78 is 0. The van der Waals surface area contributed by atoms with Crippen molar-refractivity contribution in [1.82, 2.24) is 0 Å². The Morgan fingerprint density at radius 2 is 1.40 bits per heavy atom. The zero-order valence-electron chi connectivity index (χ0n) is 8.44. The molecule has 0 aliphatic heterocycles. The van der Waals surface area contributed by atoms with Crippen molar-refractivity contribution in [3.05, 3.63) is 0 Å². The van der Waals surface area contributed by atoms with Crippen molar-refractivity contribution in [3.8, 4) is 0 Å². The third-order valence-corrected chi connectivity index (χ3v) is 2.28. The number of hydrogen-bond acceptors (Lipinski definition) is 4. The van der Waals surface area contributed by atoms with Gasteiger partial charge in [-0.2, -0.15) is 0 Å². The average molecular weight is 216 g/mol. The zero-order chi connectivity index (χ0) is 12.2. The summed E-state index contributed by atoms with van der Waals surface area (Å²) in [4.78, 5) is 43.5. The number of rotatable bonds is 6. The highest BCUT2D eigenvalue weighted by atomic mass is 16.4. The number of ketones is 2. The largest absolute Gasteiger partial charge is 0.481 e. The monoisotopic (exact) mass is 216 g/mol. The van der Waals surface area contributed by atoms with Crippen molar-refractivity contribution in [2.45, 2.75) is 26.7 Å². The van der Waals surface area contributed by atoms with Crippen molar-refractivity contribution in [2.75, 3.05) is 0 Å². The minimum Gasteiger partial charge on any atom is -0.481 e. The van der Waals surface area contributed by atoms with Crippen LogP contribution in [0.5, 0.6) is 0 Å². The minimum atomic E-state index is -2.21. The molecule has 0 aliphatic rings. The SMILES string of the molecule is CC(=O)C(CCC(=O)O)(C(C)=O)C(=O)O. The second-order valence-corrected chi connectivity index (χ2v) is 3.22. The Kier molecular flexibility index (Phi) is 4.14. The fourth-order valence-corrected chi connectivity index (χ4v) is 1.30. The first-order chi connectivity index (χ1) is 6.75. The Labute approximate surface area is 85.9 Å². The van der Waals surface area contributed by atoms with Gasteiger partial charge in [0.25, 0.3) is 0 Å². The minimum absolute atomic E-state index is 0.512. The Balaban J connectivity index is 5.15.